The fraction of sp³-hybridized carbons (Fsp3) is 0.174. The number of aryl methyl sites for hydroxylation is 1. The number of carboxylic acid groups (broad SMARTS) is 1. The lowest BCUT2D eigenvalue weighted by Crippen LogP contribution is -2.22. The number of benzene rings is 2. The number of ketones is 1. The lowest BCUT2D eigenvalue weighted by molar-refractivity contribution is -0.144. The van der Waals surface area contributed by atoms with Crippen molar-refractivity contribution in [1.29, 1.82) is 0 Å². The van der Waals surface area contributed by atoms with E-state index in [1.54, 1.807) is 41.7 Å². The predicted octanol–water partition coefficient (Wildman–Crippen LogP) is 4.78. The number of aromatic nitrogens is 1. The van der Waals surface area contributed by atoms with E-state index >= 15 is 0 Å². The largest absolute Gasteiger partial charge is 0.487 e. The Balaban J connectivity index is 1.54. The van der Waals surface area contributed by atoms with E-state index in [1.165, 1.54) is 13.0 Å². The zero-order valence-corrected chi connectivity index (χ0v) is 17.4. The minimum Gasteiger partial charge on any atom is -0.487 e. The van der Waals surface area contributed by atoms with E-state index in [1.807, 2.05) is 36.6 Å². The second-order valence-electron chi connectivity index (χ2n) is 6.54. The standard InChI is InChI=1S/C23H21NO5S/c1-15(23(26)27)29-21-10-6-18(7-11-21)22(25)12-5-17-3-8-20(9-4-17)28-13-19-14-30-16(2)24-19/h3-12,14-15H,13H2,1-2H3,(H,26,27)/b12-5+. The second-order valence-corrected chi connectivity index (χ2v) is 7.60. The van der Waals surface area contributed by atoms with Gasteiger partial charge in [-0.15, -0.1) is 11.3 Å². The van der Waals surface area contributed by atoms with Gasteiger partial charge < -0.3 is 14.6 Å². The van der Waals surface area contributed by atoms with Crippen LogP contribution in [0.3, 0.4) is 0 Å². The van der Waals surface area contributed by atoms with Crippen LogP contribution in [0.15, 0.2) is 60.0 Å². The first-order valence-electron chi connectivity index (χ1n) is 9.26. The van der Waals surface area contributed by atoms with Crippen LogP contribution in [0.4, 0.5) is 0 Å². The number of carbonyl (C=O) groups is 2. The van der Waals surface area contributed by atoms with E-state index in [2.05, 4.69) is 4.98 Å². The van der Waals surface area contributed by atoms with Crippen molar-refractivity contribution in [1.82, 2.24) is 4.98 Å². The summed E-state index contributed by atoms with van der Waals surface area (Å²) in [7, 11) is 0. The van der Waals surface area contributed by atoms with Crippen LogP contribution >= 0.6 is 11.3 Å². The maximum absolute atomic E-state index is 12.3. The van der Waals surface area contributed by atoms with Gasteiger partial charge in [-0.05, 0) is 61.9 Å². The third-order valence-electron chi connectivity index (χ3n) is 4.16. The van der Waals surface area contributed by atoms with Gasteiger partial charge in [-0.25, -0.2) is 9.78 Å². The number of carboxylic acids is 1. The molecule has 1 N–H and O–H groups in total. The fourth-order valence-corrected chi connectivity index (χ4v) is 3.12. The zero-order valence-electron chi connectivity index (χ0n) is 16.6. The van der Waals surface area contributed by atoms with Crippen molar-refractivity contribution in [3.63, 3.8) is 0 Å². The van der Waals surface area contributed by atoms with E-state index in [0.29, 0.717) is 17.9 Å². The van der Waals surface area contributed by atoms with Gasteiger partial charge in [-0.1, -0.05) is 18.2 Å². The first-order chi connectivity index (χ1) is 14.4. The molecule has 0 aliphatic carbocycles. The fourth-order valence-electron chi connectivity index (χ4n) is 2.53. The predicted molar refractivity (Wildman–Crippen MR) is 115 cm³/mol. The Labute approximate surface area is 178 Å². The van der Waals surface area contributed by atoms with Gasteiger partial charge >= 0.3 is 5.97 Å². The summed E-state index contributed by atoms with van der Waals surface area (Å²) in [5.41, 5.74) is 2.26. The number of hydrogen-bond acceptors (Lipinski definition) is 6. The lowest BCUT2D eigenvalue weighted by Gasteiger charge is -2.10. The highest BCUT2D eigenvalue weighted by atomic mass is 32.1. The number of ether oxygens (including phenoxy) is 2. The zero-order chi connectivity index (χ0) is 21.5. The summed E-state index contributed by atoms with van der Waals surface area (Å²) in [6.07, 6.45) is 2.26. The SMILES string of the molecule is Cc1nc(COc2ccc(/C=C/C(=O)c3ccc(OC(C)C(=O)O)cc3)cc2)cs1. The summed E-state index contributed by atoms with van der Waals surface area (Å²) < 4.78 is 11.0. The molecule has 154 valence electrons. The van der Waals surface area contributed by atoms with E-state index < -0.39 is 12.1 Å². The van der Waals surface area contributed by atoms with Crippen LogP contribution in [0.25, 0.3) is 6.08 Å². The molecule has 0 saturated carbocycles. The van der Waals surface area contributed by atoms with Crippen molar-refractivity contribution in [3.05, 3.63) is 81.8 Å². The summed E-state index contributed by atoms with van der Waals surface area (Å²) in [4.78, 5) is 27.5. The van der Waals surface area contributed by atoms with Gasteiger partial charge in [0.15, 0.2) is 11.9 Å². The van der Waals surface area contributed by atoms with E-state index in [4.69, 9.17) is 14.6 Å². The number of nitrogens with zero attached hydrogens (tertiary/aromatic N) is 1. The third-order valence-corrected chi connectivity index (χ3v) is 4.98. The van der Waals surface area contributed by atoms with Gasteiger partial charge in [0.2, 0.25) is 0 Å². The molecule has 7 heteroatoms. The maximum Gasteiger partial charge on any atom is 0.344 e. The first kappa shape index (κ1) is 21.3. The minimum atomic E-state index is -1.05. The Bertz CT molecular complexity index is 1040. The van der Waals surface area contributed by atoms with Crippen molar-refractivity contribution in [3.8, 4) is 11.5 Å². The summed E-state index contributed by atoms with van der Waals surface area (Å²) in [5, 5.41) is 11.9. The molecule has 3 rings (SSSR count). The third kappa shape index (κ3) is 6.02. The van der Waals surface area contributed by atoms with Gasteiger partial charge in [0.1, 0.15) is 18.1 Å². The van der Waals surface area contributed by atoms with E-state index in [9.17, 15) is 9.59 Å². The number of aliphatic carboxylic acids is 1. The van der Waals surface area contributed by atoms with Crippen LogP contribution in [-0.2, 0) is 11.4 Å². The molecule has 1 unspecified atom stereocenters. The molecule has 1 heterocycles. The monoisotopic (exact) mass is 423 g/mol. The molecule has 0 saturated heterocycles. The highest BCUT2D eigenvalue weighted by Crippen LogP contribution is 2.18. The van der Waals surface area contributed by atoms with Crippen LogP contribution in [0, 0.1) is 6.92 Å². The minimum absolute atomic E-state index is 0.160. The molecule has 0 radical (unpaired) electrons. The molecule has 0 aliphatic heterocycles. The lowest BCUT2D eigenvalue weighted by atomic mass is 10.1. The number of hydrogen-bond donors (Lipinski definition) is 1. The van der Waals surface area contributed by atoms with E-state index in [-0.39, 0.29) is 5.78 Å². The highest BCUT2D eigenvalue weighted by Gasteiger charge is 2.12. The molecule has 6 nitrogen and oxygen atoms in total. The molecule has 2 aromatic carbocycles. The molecule has 0 fully saturated rings. The van der Waals surface area contributed by atoms with Gasteiger partial charge in [-0.2, -0.15) is 0 Å². The summed E-state index contributed by atoms with van der Waals surface area (Å²) in [5.74, 6) is -0.0797. The average Bonchev–Trinajstić information content (AvgIpc) is 3.17. The smallest absolute Gasteiger partial charge is 0.344 e. The normalized spacial score (nSPS) is 11.9. The molecular formula is C23H21NO5S. The summed E-state index contributed by atoms with van der Waals surface area (Å²) in [6, 6.07) is 13.8. The van der Waals surface area contributed by atoms with Crippen molar-refractivity contribution in [2.24, 2.45) is 0 Å². The molecular weight excluding hydrogens is 402 g/mol. The molecule has 0 bridgehead atoms. The Hall–Kier alpha value is -3.45. The number of allylic oxidation sites excluding steroid dienone is 1. The van der Waals surface area contributed by atoms with Crippen molar-refractivity contribution >= 4 is 29.2 Å². The van der Waals surface area contributed by atoms with E-state index in [0.717, 1.165) is 22.0 Å². The van der Waals surface area contributed by atoms with Crippen LogP contribution in [0.2, 0.25) is 0 Å². The van der Waals surface area contributed by atoms with Gasteiger partial charge in [0.25, 0.3) is 0 Å². The quantitative estimate of drug-likeness (QED) is 0.394. The number of rotatable bonds is 9. The molecule has 1 aromatic heterocycles. The Morgan fingerprint density at radius 1 is 1.10 bits per heavy atom. The van der Waals surface area contributed by atoms with Gasteiger partial charge in [-0.3, -0.25) is 4.79 Å². The number of carbonyl (C=O) groups excluding carboxylic acids is 1. The topological polar surface area (TPSA) is 85.7 Å². The van der Waals surface area contributed by atoms with Gasteiger partial charge in [0, 0.05) is 10.9 Å². The van der Waals surface area contributed by atoms with Crippen LogP contribution in [0.5, 0.6) is 11.5 Å². The molecule has 1 atom stereocenters. The van der Waals surface area contributed by atoms with Crippen molar-refractivity contribution in [2.45, 2.75) is 26.6 Å². The highest BCUT2D eigenvalue weighted by molar-refractivity contribution is 7.09. The summed E-state index contributed by atoms with van der Waals surface area (Å²) in [6.45, 7) is 3.82. The molecule has 0 aliphatic rings. The Morgan fingerprint density at radius 3 is 2.37 bits per heavy atom. The Kier molecular flexibility index (Phi) is 6.98. The van der Waals surface area contributed by atoms with Crippen molar-refractivity contribution < 1.29 is 24.2 Å². The van der Waals surface area contributed by atoms with Gasteiger partial charge in [0.05, 0.1) is 10.7 Å². The molecule has 0 spiro atoms. The van der Waals surface area contributed by atoms with Crippen LogP contribution < -0.4 is 9.47 Å². The first-order valence-corrected chi connectivity index (χ1v) is 10.1. The average molecular weight is 423 g/mol. The second kappa shape index (κ2) is 9.84. The van der Waals surface area contributed by atoms with Crippen molar-refractivity contribution in [2.75, 3.05) is 0 Å². The Morgan fingerprint density at radius 2 is 1.77 bits per heavy atom. The maximum atomic E-state index is 12.3. The number of thiazole rings is 1. The van der Waals surface area contributed by atoms with Crippen LogP contribution in [-0.4, -0.2) is 27.9 Å². The molecule has 0 amide bonds. The molecule has 3 aromatic rings. The molecule has 30 heavy (non-hydrogen) atoms. The summed E-state index contributed by atoms with van der Waals surface area (Å²) >= 11 is 1.59. The van der Waals surface area contributed by atoms with Crippen LogP contribution in [0.1, 0.15) is 33.5 Å².